The monoisotopic (exact) mass is 170 g/mol. The molecule has 0 bridgehead atoms. The average molecular weight is 170 g/mol. The minimum atomic E-state index is -1.15. The Bertz CT molecular complexity index is 318. The van der Waals surface area contributed by atoms with Gasteiger partial charge in [-0.2, -0.15) is 5.10 Å². The average Bonchev–Trinajstić information content (AvgIpc) is 2.34. The predicted octanol–water partition coefficient (Wildman–Crippen LogP) is -0.402. The number of aromatic carboxylic acids is 1. The van der Waals surface area contributed by atoms with Gasteiger partial charge in [0, 0.05) is 6.07 Å². The highest BCUT2D eigenvalue weighted by Gasteiger charge is 2.07. The van der Waals surface area contributed by atoms with Gasteiger partial charge in [-0.25, -0.2) is 9.59 Å². The van der Waals surface area contributed by atoms with Crippen LogP contribution in [-0.4, -0.2) is 27.3 Å². The van der Waals surface area contributed by atoms with E-state index in [9.17, 15) is 9.59 Å². The highest BCUT2D eigenvalue weighted by atomic mass is 16.4. The molecule has 0 aliphatic heterocycles. The summed E-state index contributed by atoms with van der Waals surface area (Å²) in [5, 5.41) is 16.2. The second kappa shape index (κ2) is 2.91. The normalized spacial score (nSPS) is 9.33. The molecule has 0 aliphatic carbocycles. The lowest BCUT2D eigenvalue weighted by atomic mass is 10.4. The summed E-state index contributed by atoms with van der Waals surface area (Å²) in [4.78, 5) is 20.5. The Morgan fingerprint density at radius 3 is 2.75 bits per heavy atom. The van der Waals surface area contributed by atoms with Gasteiger partial charge in [0.05, 0.1) is 0 Å². The van der Waals surface area contributed by atoms with Gasteiger partial charge in [0.15, 0.2) is 5.82 Å². The molecule has 64 valence electrons. The minimum absolute atomic E-state index is 0.0832. The highest BCUT2D eigenvalue weighted by Crippen LogP contribution is 2.03. The number of nitrogens with zero attached hydrogens (tertiary/aromatic N) is 1. The molecular formula is C5H6N4O3. The van der Waals surface area contributed by atoms with E-state index in [4.69, 9.17) is 10.8 Å². The first-order valence-corrected chi connectivity index (χ1v) is 2.95. The van der Waals surface area contributed by atoms with Gasteiger partial charge < -0.3 is 10.8 Å². The molecule has 1 aromatic rings. The van der Waals surface area contributed by atoms with Crippen molar-refractivity contribution >= 4 is 17.8 Å². The Hall–Kier alpha value is -2.05. The third-order valence-corrected chi connectivity index (χ3v) is 1.06. The largest absolute Gasteiger partial charge is 0.477 e. The van der Waals surface area contributed by atoms with Crippen molar-refractivity contribution in [3.05, 3.63) is 11.8 Å². The fourth-order valence-corrected chi connectivity index (χ4v) is 0.622. The number of carboxylic acid groups (broad SMARTS) is 1. The van der Waals surface area contributed by atoms with Crippen LogP contribution in [0, 0.1) is 0 Å². The van der Waals surface area contributed by atoms with Gasteiger partial charge in [-0.05, 0) is 0 Å². The van der Waals surface area contributed by atoms with E-state index in [2.05, 4.69) is 15.5 Å². The summed E-state index contributed by atoms with van der Waals surface area (Å²) in [5.41, 5.74) is 4.65. The van der Waals surface area contributed by atoms with Crippen LogP contribution in [0.15, 0.2) is 6.07 Å². The van der Waals surface area contributed by atoms with Crippen LogP contribution in [-0.2, 0) is 0 Å². The van der Waals surface area contributed by atoms with Crippen LogP contribution in [0.25, 0.3) is 0 Å². The molecule has 0 saturated heterocycles. The molecule has 5 N–H and O–H groups in total. The molecule has 0 fully saturated rings. The molecule has 0 atom stereocenters. The van der Waals surface area contributed by atoms with E-state index in [0.717, 1.165) is 6.07 Å². The number of carbonyl (C=O) groups excluding carboxylic acids is 1. The van der Waals surface area contributed by atoms with Crippen molar-refractivity contribution in [1.82, 2.24) is 10.2 Å². The molecule has 1 rings (SSSR count). The quantitative estimate of drug-likeness (QED) is 0.482. The van der Waals surface area contributed by atoms with E-state index in [-0.39, 0.29) is 11.5 Å². The van der Waals surface area contributed by atoms with E-state index < -0.39 is 12.0 Å². The standard InChI is InChI=1S/C5H6N4O3/c6-5(12)7-3-1-2(4(10)11)8-9-3/h1H,(H,10,11)(H4,6,7,8,9,12). The van der Waals surface area contributed by atoms with Gasteiger partial charge in [0.25, 0.3) is 0 Å². The lowest BCUT2D eigenvalue weighted by Crippen LogP contribution is -2.19. The van der Waals surface area contributed by atoms with Crippen molar-refractivity contribution in [3.8, 4) is 0 Å². The fourth-order valence-electron chi connectivity index (χ4n) is 0.622. The maximum atomic E-state index is 10.3. The van der Waals surface area contributed by atoms with Crippen LogP contribution in [0.5, 0.6) is 0 Å². The van der Waals surface area contributed by atoms with Gasteiger partial charge in [-0.1, -0.05) is 0 Å². The van der Waals surface area contributed by atoms with E-state index in [1.807, 2.05) is 0 Å². The number of rotatable bonds is 2. The maximum Gasteiger partial charge on any atom is 0.353 e. The van der Waals surface area contributed by atoms with Gasteiger partial charge in [-0.3, -0.25) is 10.4 Å². The Morgan fingerprint density at radius 2 is 2.33 bits per heavy atom. The number of anilines is 1. The third-order valence-electron chi connectivity index (χ3n) is 1.06. The van der Waals surface area contributed by atoms with Crippen molar-refractivity contribution in [2.24, 2.45) is 5.73 Å². The third kappa shape index (κ3) is 1.72. The van der Waals surface area contributed by atoms with E-state index >= 15 is 0 Å². The van der Waals surface area contributed by atoms with Crippen molar-refractivity contribution in [1.29, 1.82) is 0 Å². The molecule has 0 spiro atoms. The number of primary amides is 1. The summed E-state index contributed by atoms with van der Waals surface area (Å²) in [6.45, 7) is 0. The van der Waals surface area contributed by atoms with Gasteiger partial charge in [-0.15, -0.1) is 0 Å². The Kier molecular flexibility index (Phi) is 1.95. The molecule has 1 heterocycles. The van der Waals surface area contributed by atoms with Crippen molar-refractivity contribution in [3.63, 3.8) is 0 Å². The van der Waals surface area contributed by atoms with Gasteiger partial charge in [0.2, 0.25) is 0 Å². The smallest absolute Gasteiger partial charge is 0.353 e. The molecule has 7 nitrogen and oxygen atoms in total. The number of hydrogen-bond donors (Lipinski definition) is 4. The first-order chi connectivity index (χ1) is 5.59. The van der Waals surface area contributed by atoms with Crippen LogP contribution in [0.3, 0.4) is 0 Å². The molecule has 0 unspecified atom stereocenters. The van der Waals surface area contributed by atoms with Crippen molar-refractivity contribution in [2.75, 3.05) is 5.32 Å². The summed E-state index contributed by atoms with van der Waals surface area (Å²) in [7, 11) is 0. The lowest BCUT2D eigenvalue weighted by Gasteiger charge is -1.91. The topological polar surface area (TPSA) is 121 Å². The van der Waals surface area contributed by atoms with Crippen molar-refractivity contribution in [2.45, 2.75) is 0 Å². The molecule has 0 saturated carbocycles. The molecule has 0 radical (unpaired) electrons. The van der Waals surface area contributed by atoms with Crippen LogP contribution in [0.4, 0.5) is 10.6 Å². The molecular weight excluding hydrogens is 164 g/mol. The summed E-state index contributed by atoms with van der Waals surface area (Å²) in [6, 6.07) is 0.367. The van der Waals surface area contributed by atoms with Gasteiger partial charge in [0.1, 0.15) is 5.69 Å². The predicted molar refractivity (Wildman–Crippen MR) is 38.8 cm³/mol. The van der Waals surface area contributed by atoms with E-state index in [1.54, 1.807) is 0 Å². The SMILES string of the molecule is NC(=O)Nc1cc(C(=O)O)[nH]n1. The van der Waals surface area contributed by atoms with Crippen LogP contribution < -0.4 is 11.1 Å². The summed E-state index contributed by atoms with van der Waals surface area (Å²) in [6.07, 6.45) is 0. The molecule has 7 heteroatoms. The number of H-pyrrole nitrogens is 1. The number of aromatic nitrogens is 2. The Morgan fingerprint density at radius 1 is 1.67 bits per heavy atom. The second-order valence-corrected chi connectivity index (χ2v) is 1.96. The zero-order valence-corrected chi connectivity index (χ0v) is 5.87. The Labute approximate surface area is 66.6 Å². The number of amides is 2. The lowest BCUT2D eigenvalue weighted by molar-refractivity contribution is 0.0690. The number of nitrogens with two attached hydrogens (primary N) is 1. The number of urea groups is 1. The minimum Gasteiger partial charge on any atom is -0.477 e. The Balaban J connectivity index is 2.77. The summed E-state index contributed by atoms with van der Waals surface area (Å²) >= 11 is 0. The van der Waals surface area contributed by atoms with Crippen LogP contribution >= 0.6 is 0 Å². The number of nitrogens with one attached hydrogen (secondary N) is 2. The fraction of sp³-hybridized carbons (Fsp3) is 0. The number of carbonyl (C=O) groups is 2. The number of hydrogen-bond acceptors (Lipinski definition) is 3. The van der Waals surface area contributed by atoms with Crippen LogP contribution in [0.2, 0.25) is 0 Å². The molecule has 2 amide bonds. The molecule has 0 aromatic carbocycles. The maximum absolute atomic E-state index is 10.3. The summed E-state index contributed by atoms with van der Waals surface area (Å²) in [5.74, 6) is -1.07. The summed E-state index contributed by atoms with van der Waals surface area (Å²) < 4.78 is 0. The number of carboxylic acids is 1. The first-order valence-electron chi connectivity index (χ1n) is 2.95. The van der Waals surface area contributed by atoms with E-state index in [0.29, 0.717) is 0 Å². The van der Waals surface area contributed by atoms with Gasteiger partial charge >= 0.3 is 12.0 Å². The van der Waals surface area contributed by atoms with Crippen LogP contribution in [0.1, 0.15) is 10.5 Å². The first kappa shape index (κ1) is 8.05. The molecule has 1 aromatic heterocycles. The van der Waals surface area contributed by atoms with Crippen molar-refractivity contribution < 1.29 is 14.7 Å². The second-order valence-electron chi connectivity index (χ2n) is 1.96. The zero-order valence-electron chi connectivity index (χ0n) is 5.87. The zero-order chi connectivity index (χ0) is 9.14. The molecule has 0 aliphatic rings. The molecule has 12 heavy (non-hydrogen) atoms. The number of aromatic amines is 1. The van der Waals surface area contributed by atoms with E-state index in [1.165, 1.54) is 0 Å². The highest BCUT2D eigenvalue weighted by molar-refractivity contribution is 5.90.